The molecule has 0 aromatic heterocycles. The van der Waals surface area contributed by atoms with E-state index in [4.69, 9.17) is 104 Å². The molecule has 1 aliphatic heterocycles. The molecule has 2 aliphatic carbocycles. The summed E-state index contributed by atoms with van der Waals surface area (Å²) in [6, 6.07) is 8.32. The van der Waals surface area contributed by atoms with Crippen LogP contribution in [-0.2, 0) is 9.59 Å². The van der Waals surface area contributed by atoms with Crippen molar-refractivity contribution in [1.82, 2.24) is 10.0 Å². The third-order valence-corrected chi connectivity index (χ3v) is 12.6. The first-order valence-corrected chi connectivity index (χ1v) is 14.7. The Labute approximate surface area is 272 Å². The normalized spacial score (nSPS) is 29.2. The summed E-state index contributed by atoms with van der Waals surface area (Å²) >= 11 is 57.6. The topological polar surface area (TPSA) is 74.8 Å². The summed E-state index contributed by atoms with van der Waals surface area (Å²) in [6.07, 6.45) is 0. The number of Topliss-reactive ketones (excluding diaryl/α,β-unsaturated/α-hetero) is 1. The minimum Gasteiger partial charge on any atom is -0.292 e. The summed E-state index contributed by atoms with van der Waals surface area (Å²) in [5.74, 6) is -6.61. The number of rotatable bonds is 5. The predicted molar refractivity (Wildman–Crippen MR) is 157 cm³/mol. The third-order valence-electron chi connectivity index (χ3n) is 7.35. The Morgan fingerprint density at radius 2 is 1.25 bits per heavy atom. The minimum atomic E-state index is -2.17. The number of carbonyl (C=O) groups excluding carboxylic acids is 4. The zero-order valence-electron chi connectivity index (χ0n) is 19.7. The molecule has 40 heavy (non-hydrogen) atoms. The molecule has 15 heteroatoms. The van der Waals surface area contributed by atoms with Crippen molar-refractivity contribution in [3.05, 3.63) is 78.7 Å². The lowest BCUT2D eigenvalue weighted by molar-refractivity contribution is -0.157. The summed E-state index contributed by atoms with van der Waals surface area (Å²) < 4.78 is -2.17. The largest absolute Gasteiger partial charge is 0.292 e. The van der Waals surface area contributed by atoms with Crippen LogP contribution in [-0.4, -0.2) is 53.6 Å². The SMILES string of the molecule is C[C@H](C(=O)c1ccc(Cl)cc1)N(C(=O)c1ccc(Cl)c(Cl)c1)N1C(=O)[C@@H]2[C@@H](C1=O)[C@@]1(Cl)C(Cl)=C(Cl)[C@@]2(Cl)C1(Cl)Cl. The second-order valence-electron chi connectivity index (χ2n) is 9.40. The maximum Gasteiger partial charge on any atom is 0.273 e. The van der Waals surface area contributed by atoms with Crippen molar-refractivity contribution in [2.24, 2.45) is 11.8 Å². The van der Waals surface area contributed by atoms with E-state index in [0.717, 1.165) is 0 Å². The van der Waals surface area contributed by atoms with E-state index in [9.17, 15) is 19.2 Å². The van der Waals surface area contributed by atoms with Crippen molar-refractivity contribution >= 4 is 128 Å². The Hall–Kier alpha value is -0.930. The van der Waals surface area contributed by atoms with Crippen LogP contribution in [0.1, 0.15) is 27.6 Å². The van der Waals surface area contributed by atoms with E-state index in [1.807, 2.05) is 0 Å². The van der Waals surface area contributed by atoms with E-state index in [1.54, 1.807) is 0 Å². The average Bonchev–Trinajstić information content (AvgIpc) is 3.29. The van der Waals surface area contributed by atoms with Gasteiger partial charge in [0.05, 0.1) is 31.9 Å². The number of imide groups is 1. The van der Waals surface area contributed by atoms with Crippen molar-refractivity contribution in [3.63, 3.8) is 0 Å². The highest BCUT2D eigenvalue weighted by atomic mass is 35.5. The molecule has 0 unspecified atom stereocenters. The number of allylic oxidation sites excluding steroid dienone is 2. The van der Waals surface area contributed by atoms with Crippen LogP contribution in [0.15, 0.2) is 52.5 Å². The Bertz CT molecular complexity index is 1500. The minimum absolute atomic E-state index is 0.0226. The number of hydrogen-bond donors (Lipinski definition) is 0. The number of alkyl halides is 4. The number of amides is 3. The van der Waals surface area contributed by atoms with Gasteiger partial charge in [-0.2, -0.15) is 5.01 Å². The number of ketones is 1. The van der Waals surface area contributed by atoms with Crippen molar-refractivity contribution in [1.29, 1.82) is 0 Å². The standard InChI is InChI=1S/C25H13Cl9N2O4/c1-9(17(37)10-2-5-12(26)6-3-10)35(20(38)11-4-7-13(27)14(28)8-11)36-21(39)15-16(22(36)40)24(32)19(30)18(29)23(15,31)25(24,33)34/h2-9,15-16H,1H3/t9-,15+,16+,23-,24-/m1/s1. The fourth-order valence-electron chi connectivity index (χ4n) is 5.36. The highest BCUT2D eigenvalue weighted by Crippen LogP contribution is 2.77. The molecule has 1 heterocycles. The molecule has 0 spiro atoms. The smallest absolute Gasteiger partial charge is 0.273 e. The Balaban J connectivity index is 1.64. The van der Waals surface area contributed by atoms with Gasteiger partial charge in [0.2, 0.25) is 0 Å². The molecule has 0 radical (unpaired) electrons. The molecular formula is C25H13Cl9N2O4. The van der Waals surface area contributed by atoms with E-state index in [0.29, 0.717) is 15.0 Å². The fourth-order valence-corrected chi connectivity index (χ4v) is 8.71. The van der Waals surface area contributed by atoms with E-state index in [2.05, 4.69) is 0 Å². The highest BCUT2D eigenvalue weighted by Gasteiger charge is 2.88. The molecule has 5 rings (SSSR count). The van der Waals surface area contributed by atoms with Crippen LogP contribution in [0.4, 0.5) is 0 Å². The molecule has 2 fully saturated rings. The number of halogens is 9. The predicted octanol–water partition coefficient (Wildman–Crippen LogP) is 7.72. The van der Waals surface area contributed by atoms with E-state index in [-0.39, 0.29) is 31.2 Å². The number of hydrazine groups is 1. The van der Waals surface area contributed by atoms with Crippen LogP contribution in [0.25, 0.3) is 0 Å². The Kier molecular flexibility index (Phi) is 7.69. The second-order valence-corrected chi connectivity index (χ2v) is 13.9. The lowest BCUT2D eigenvalue weighted by Crippen LogP contribution is -2.59. The highest BCUT2D eigenvalue weighted by molar-refractivity contribution is 6.66. The van der Waals surface area contributed by atoms with Gasteiger partial charge in [0, 0.05) is 16.1 Å². The summed E-state index contributed by atoms with van der Waals surface area (Å²) in [5.41, 5.74) is 0.0734. The first kappa shape index (κ1) is 30.5. The van der Waals surface area contributed by atoms with Crippen LogP contribution < -0.4 is 0 Å². The Morgan fingerprint density at radius 1 is 0.775 bits per heavy atom. The lowest BCUT2D eigenvalue weighted by Gasteiger charge is -2.38. The number of benzene rings is 2. The van der Waals surface area contributed by atoms with Gasteiger partial charge in [0.1, 0.15) is 15.8 Å². The van der Waals surface area contributed by atoms with Gasteiger partial charge >= 0.3 is 0 Å². The van der Waals surface area contributed by atoms with Crippen molar-refractivity contribution in [3.8, 4) is 0 Å². The number of carbonyl (C=O) groups is 4. The maximum absolute atomic E-state index is 14.0. The molecule has 2 aromatic rings. The van der Waals surface area contributed by atoms with Crippen molar-refractivity contribution < 1.29 is 19.2 Å². The molecule has 0 N–H and O–H groups in total. The molecule has 3 amide bonds. The van der Waals surface area contributed by atoms with Gasteiger partial charge in [-0.3, -0.25) is 19.2 Å². The zero-order valence-corrected chi connectivity index (χ0v) is 26.5. The molecule has 6 nitrogen and oxygen atoms in total. The van der Waals surface area contributed by atoms with Gasteiger partial charge in [-0.25, -0.2) is 5.01 Å². The van der Waals surface area contributed by atoms with Crippen molar-refractivity contribution in [2.45, 2.75) is 27.0 Å². The molecule has 3 aliphatic rings. The number of hydrogen-bond acceptors (Lipinski definition) is 4. The third kappa shape index (κ3) is 3.84. The quantitative estimate of drug-likeness (QED) is 0.180. The second kappa shape index (κ2) is 10.1. The van der Waals surface area contributed by atoms with Crippen LogP contribution in [0, 0.1) is 11.8 Å². The number of nitrogens with zero attached hydrogens (tertiary/aromatic N) is 2. The fraction of sp³-hybridized carbons (Fsp3) is 0.280. The van der Waals surface area contributed by atoms with Gasteiger partial charge in [-0.15, -0.1) is 23.2 Å². The maximum atomic E-state index is 14.0. The van der Waals surface area contributed by atoms with Gasteiger partial charge in [-0.05, 0) is 49.4 Å². The number of fused-ring (bicyclic) bond motifs is 5. The van der Waals surface area contributed by atoms with Crippen LogP contribution in [0.5, 0.6) is 0 Å². The van der Waals surface area contributed by atoms with Gasteiger partial charge in [0.25, 0.3) is 17.7 Å². The molecule has 2 bridgehead atoms. The monoisotopic (exact) mass is 720 g/mol. The van der Waals surface area contributed by atoms with Crippen LogP contribution in [0.2, 0.25) is 15.1 Å². The van der Waals surface area contributed by atoms with E-state index >= 15 is 0 Å². The van der Waals surface area contributed by atoms with E-state index < -0.39 is 55.5 Å². The molecule has 1 saturated heterocycles. The average molecular weight is 724 g/mol. The van der Waals surface area contributed by atoms with Crippen LogP contribution in [0.3, 0.4) is 0 Å². The molecule has 2 aromatic carbocycles. The molecular weight excluding hydrogens is 711 g/mol. The summed E-state index contributed by atoms with van der Waals surface area (Å²) in [6.45, 7) is 1.34. The molecule has 5 atom stereocenters. The lowest BCUT2D eigenvalue weighted by atomic mass is 9.84. The summed E-state index contributed by atoms with van der Waals surface area (Å²) in [5, 5.41) is 1.18. The zero-order chi connectivity index (χ0) is 29.7. The van der Waals surface area contributed by atoms with Gasteiger partial charge in [-0.1, -0.05) is 81.2 Å². The molecule has 1 saturated carbocycles. The summed E-state index contributed by atoms with van der Waals surface area (Å²) in [4.78, 5) is 51.4. The Morgan fingerprint density at radius 3 is 1.73 bits per heavy atom. The van der Waals surface area contributed by atoms with Gasteiger partial charge in [0.15, 0.2) is 10.1 Å². The van der Waals surface area contributed by atoms with Crippen molar-refractivity contribution in [2.75, 3.05) is 0 Å². The first-order chi connectivity index (χ1) is 18.5. The van der Waals surface area contributed by atoms with Crippen LogP contribution >= 0.6 is 104 Å². The van der Waals surface area contributed by atoms with Gasteiger partial charge < -0.3 is 0 Å². The summed E-state index contributed by atoms with van der Waals surface area (Å²) in [7, 11) is 0. The molecule has 210 valence electrons. The van der Waals surface area contributed by atoms with E-state index in [1.165, 1.54) is 49.4 Å². The first-order valence-electron chi connectivity index (χ1n) is 11.3.